The third kappa shape index (κ3) is 6.19. The van der Waals surface area contributed by atoms with E-state index < -0.39 is 31.2 Å². The highest BCUT2D eigenvalue weighted by Gasteiger charge is 2.33. The lowest BCUT2D eigenvalue weighted by Crippen LogP contribution is -2.47. The number of carbonyl (C=O) groups is 2. The minimum atomic E-state index is -4.63. The van der Waals surface area contributed by atoms with Gasteiger partial charge in [0, 0.05) is 26.2 Å². The average Bonchev–Trinajstić information content (AvgIpc) is 3.17. The van der Waals surface area contributed by atoms with Gasteiger partial charge in [0.25, 0.3) is 5.91 Å². The first-order chi connectivity index (χ1) is 18.5. The Morgan fingerprint density at radius 3 is 2.51 bits per heavy atom. The maximum atomic E-state index is 13.4. The highest BCUT2D eigenvalue weighted by atomic mass is 19.4. The topological polar surface area (TPSA) is 118 Å². The van der Waals surface area contributed by atoms with E-state index in [9.17, 15) is 22.8 Å². The SMILES string of the molecule is COc1ccccc1Nc1cc2c(OCC(F)(F)F)c(C(=O)NC3CCN(C(=O)CO)CC3)n(C)c2nc1C. The summed E-state index contributed by atoms with van der Waals surface area (Å²) in [6.45, 7) is 0.247. The molecule has 1 aromatic carbocycles. The van der Waals surface area contributed by atoms with E-state index in [1.54, 1.807) is 44.3 Å². The van der Waals surface area contributed by atoms with E-state index in [-0.39, 0.29) is 28.5 Å². The first-order valence-corrected chi connectivity index (χ1v) is 12.3. The largest absolute Gasteiger partial charge is 0.495 e. The van der Waals surface area contributed by atoms with Crippen molar-refractivity contribution in [1.82, 2.24) is 19.8 Å². The Bertz CT molecular complexity index is 1370. The third-order valence-electron chi connectivity index (χ3n) is 6.60. The number of nitrogens with zero attached hydrogens (tertiary/aromatic N) is 3. The molecule has 0 bridgehead atoms. The number of alkyl halides is 3. The number of halogens is 3. The second-order valence-corrected chi connectivity index (χ2v) is 9.25. The number of hydrogen-bond donors (Lipinski definition) is 3. The van der Waals surface area contributed by atoms with Crippen LogP contribution in [0, 0.1) is 6.92 Å². The minimum Gasteiger partial charge on any atom is -0.495 e. The quantitative estimate of drug-likeness (QED) is 0.395. The summed E-state index contributed by atoms with van der Waals surface area (Å²) < 4.78 is 51.5. The number of aryl methyl sites for hydroxylation is 2. The van der Waals surface area contributed by atoms with Crippen LogP contribution >= 0.6 is 0 Å². The van der Waals surface area contributed by atoms with Gasteiger partial charge in [-0.15, -0.1) is 0 Å². The second-order valence-electron chi connectivity index (χ2n) is 9.25. The number of ether oxygens (including phenoxy) is 2. The van der Waals surface area contributed by atoms with Crippen molar-refractivity contribution in [2.75, 3.05) is 38.7 Å². The highest BCUT2D eigenvalue weighted by Crippen LogP contribution is 2.37. The molecule has 10 nitrogen and oxygen atoms in total. The van der Waals surface area contributed by atoms with Gasteiger partial charge < -0.3 is 34.7 Å². The van der Waals surface area contributed by atoms with E-state index in [0.29, 0.717) is 48.7 Å². The van der Waals surface area contributed by atoms with E-state index in [2.05, 4.69) is 15.6 Å². The van der Waals surface area contributed by atoms with Gasteiger partial charge in [-0.2, -0.15) is 13.2 Å². The van der Waals surface area contributed by atoms with Crippen LogP contribution in [-0.4, -0.2) is 77.0 Å². The zero-order chi connectivity index (χ0) is 28.3. The van der Waals surface area contributed by atoms with Crippen LogP contribution in [0.4, 0.5) is 24.5 Å². The molecular formula is C26H30F3N5O5. The molecule has 0 atom stereocenters. The summed E-state index contributed by atoms with van der Waals surface area (Å²) in [6, 6.07) is 8.44. The predicted molar refractivity (Wildman–Crippen MR) is 137 cm³/mol. The normalized spacial score (nSPS) is 14.4. The Labute approximate surface area is 222 Å². The standard InChI is InChI=1S/C26H30F3N5O5/c1-15-19(32-18-6-4-5-7-20(18)38-3)12-17-23(39-14-26(27,28)29)22(33(2)24(17)30-15)25(37)31-16-8-10-34(11-9-16)21(36)13-35/h4-7,12,16,32,35H,8-11,13-14H2,1-3H3,(H,31,37). The summed E-state index contributed by atoms with van der Waals surface area (Å²) in [4.78, 5) is 31.2. The predicted octanol–water partition coefficient (Wildman–Crippen LogP) is 3.29. The van der Waals surface area contributed by atoms with Crippen molar-refractivity contribution >= 4 is 34.2 Å². The number of para-hydroxylation sites is 2. The monoisotopic (exact) mass is 549 g/mol. The van der Waals surface area contributed by atoms with Gasteiger partial charge in [0.05, 0.1) is 29.6 Å². The zero-order valence-corrected chi connectivity index (χ0v) is 21.8. The van der Waals surface area contributed by atoms with Crippen molar-refractivity contribution < 1.29 is 37.3 Å². The van der Waals surface area contributed by atoms with Crippen molar-refractivity contribution in [3.63, 3.8) is 0 Å². The zero-order valence-electron chi connectivity index (χ0n) is 21.8. The maximum absolute atomic E-state index is 13.4. The van der Waals surface area contributed by atoms with Crippen LogP contribution in [0.3, 0.4) is 0 Å². The summed E-state index contributed by atoms with van der Waals surface area (Å²) in [5, 5.41) is 15.3. The molecule has 2 amide bonds. The molecule has 0 aliphatic carbocycles. The van der Waals surface area contributed by atoms with Gasteiger partial charge in [0.1, 0.15) is 18.0 Å². The van der Waals surface area contributed by atoms with E-state index in [0.717, 1.165) is 0 Å². The molecular weight excluding hydrogens is 519 g/mol. The number of carbonyl (C=O) groups excluding carboxylic acids is 2. The summed E-state index contributed by atoms with van der Waals surface area (Å²) in [6.07, 6.45) is -3.76. The number of aromatic nitrogens is 2. The van der Waals surface area contributed by atoms with Crippen molar-refractivity contribution in [2.24, 2.45) is 7.05 Å². The Kier molecular flexibility index (Phi) is 8.19. The summed E-state index contributed by atoms with van der Waals surface area (Å²) in [7, 11) is 3.06. The van der Waals surface area contributed by atoms with Gasteiger partial charge in [-0.05, 0) is 38.0 Å². The molecule has 1 saturated heterocycles. The first-order valence-electron chi connectivity index (χ1n) is 12.3. The van der Waals surface area contributed by atoms with Crippen LogP contribution in [0.1, 0.15) is 29.0 Å². The molecule has 39 heavy (non-hydrogen) atoms. The van der Waals surface area contributed by atoms with Crippen molar-refractivity contribution in [3.05, 3.63) is 41.7 Å². The number of amides is 2. The van der Waals surface area contributed by atoms with Crippen LogP contribution in [0.15, 0.2) is 30.3 Å². The number of hydrogen-bond acceptors (Lipinski definition) is 7. The van der Waals surface area contributed by atoms with E-state index >= 15 is 0 Å². The lowest BCUT2D eigenvalue weighted by atomic mass is 10.0. The first kappa shape index (κ1) is 28.0. The van der Waals surface area contributed by atoms with Gasteiger partial charge >= 0.3 is 6.18 Å². The molecule has 0 unspecified atom stereocenters. The van der Waals surface area contributed by atoms with Gasteiger partial charge in [0.15, 0.2) is 18.1 Å². The van der Waals surface area contributed by atoms with E-state index in [4.69, 9.17) is 14.6 Å². The maximum Gasteiger partial charge on any atom is 0.422 e. The fourth-order valence-corrected chi connectivity index (χ4v) is 4.60. The van der Waals surface area contributed by atoms with Gasteiger partial charge in [-0.3, -0.25) is 9.59 Å². The smallest absolute Gasteiger partial charge is 0.422 e. The fourth-order valence-electron chi connectivity index (χ4n) is 4.60. The number of aliphatic hydroxyl groups is 1. The van der Waals surface area contributed by atoms with Crippen LogP contribution in [-0.2, 0) is 11.8 Å². The number of piperidine rings is 1. The fraction of sp³-hybridized carbons (Fsp3) is 0.423. The number of methoxy groups -OCH3 is 1. The highest BCUT2D eigenvalue weighted by molar-refractivity contribution is 6.04. The van der Waals surface area contributed by atoms with Crippen LogP contribution < -0.4 is 20.1 Å². The van der Waals surface area contributed by atoms with Crippen LogP contribution in [0.2, 0.25) is 0 Å². The molecule has 3 heterocycles. The molecule has 0 spiro atoms. The number of fused-ring (bicyclic) bond motifs is 1. The lowest BCUT2D eigenvalue weighted by Gasteiger charge is -2.32. The van der Waals surface area contributed by atoms with Crippen molar-refractivity contribution in [2.45, 2.75) is 32.0 Å². The molecule has 2 aromatic heterocycles. The number of pyridine rings is 1. The minimum absolute atomic E-state index is 0.0931. The molecule has 3 aromatic rings. The van der Waals surface area contributed by atoms with Crippen LogP contribution in [0.25, 0.3) is 11.0 Å². The molecule has 210 valence electrons. The number of benzene rings is 1. The Morgan fingerprint density at radius 1 is 1.18 bits per heavy atom. The van der Waals surface area contributed by atoms with Gasteiger partial charge in [0.2, 0.25) is 5.91 Å². The lowest BCUT2D eigenvalue weighted by molar-refractivity contribution is -0.153. The van der Waals surface area contributed by atoms with Crippen LogP contribution in [0.5, 0.6) is 11.5 Å². The molecule has 1 aliphatic heterocycles. The molecule has 1 aliphatic rings. The Hall–Kier alpha value is -4.00. The number of likely N-dealkylation sites (tertiary alicyclic amines) is 1. The molecule has 1 fully saturated rings. The van der Waals surface area contributed by atoms with Crippen molar-refractivity contribution in [1.29, 1.82) is 0 Å². The summed E-state index contributed by atoms with van der Waals surface area (Å²) in [5.74, 6) is -0.678. The molecule has 3 N–H and O–H groups in total. The molecule has 4 rings (SSSR count). The number of rotatable bonds is 8. The molecule has 13 heteroatoms. The summed E-state index contributed by atoms with van der Waals surface area (Å²) in [5.41, 5.74) is 1.86. The van der Waals surface area contributed by atoms with E-state index in [1.807, 2.05) is 0 Å². The Balaban J connectivity index is 1.68. The number of anilines is 2. The van der Waals surface area contributed by atoms with E-state index in [1.165, 1.54) is 16.6 Å². The molecule has 0 radical (unpaired) electrons. The molecule has 0 saturated carbocycles. The third-order valence-corrected chi connectivity index (χ3v) is 6.60. The summed E-state index contributed by atoms with van der Waals surface area (Å²) >= 11 is 0. The van der Waals surface area contributed by atoms with Gasteiger partial charge in [-0.1, -0.05) is 12.1 Å². The van der Waals surface area contributed by atoms with Gasteiger partial charge in [-0.25, -0.2) is 4.98 Å². The average molecular weight is 550 g/mol. The Morgan fingerprint density at radius 2 is 1.87 bits per heavy atom. The van der Waals surface area contributed by atoms with Crippen molar-refractivity contribution in [3.8, 4) is 11.5 Å². The number of aliphatic hydroxyl groups excluding tert-OH is 1. The number of nitrogens with one attached hydrogen (secondary N) is 2. The second kappa shape index (κ2) is 11.4.